The Hall–Kier alpha value is -3.50. The first kappa shape index (κ1) is 20.2. The van der Waals surface area contributed by atoms with Gasteiger partial charge in [0, 0.05) is 5.56 Å². The molecule has 0 atom stereocenters. The SMILES string of the molecule is NC(=O)c1cc(-c2ccc(OCCN3CCOC3=O)cc2)c(C(F)(F)F)[nH]c1=O. The lowest BCUT2D eigenvalue weighted by Crippen LogP contribution is -2.29. The molecule has 29 heavy (non-hydrogen) atoms. The summed E-state index contributed by atoms with van der Waals surface area (Å²) in [5.74, 6) is -0.768. The van der Waals surface area contributed by atoms with Gasteiger partial charge in [0.05, 0.1) is 13.1 Å². The molecule has 1 aliphatic heterocycles. The van der Waals surface area contributed by atoms with Gasteiger partial charge in [0.1, 0.15) is 30.2 Å². The Balaban J connectivity index is 1.81. The standard InChI is InChI=1S/C18H16F3N3O5/c19-18(20,21)14-12(9-13(15(22)25)16(26)23-14)10-1-3-11(4-2-10)28-7-5-24-6-8-29-17(24)27/h1-4,9H,5-8H2,(H2,22,25)(H,23,26). The molecule has 0 unspecified atom stereocenters. The lowest BCUT2D eigenvalue weighted by atomic mass is 10.0. The minimum absolute atomic E-state index is 0.103. The van der Waals surface area contributed by atoms with E-state index >= 15 is 0 Å². The van der Waals surface area contributed by atoms with Crippen LogP contribution in [0.3, 0.4) is 0 Å². The highest BCUT2D eigenvalue weighted by atomic mass is 19.4. The number of pyridine rings is 1. The molecule has 0 radical (unpaired) electrons. The number of amides is 2. The van der Waals surface area contributed by atoms with Crippen LogP contribution in [-0.2, 0) is 10.9 Å². The van der Waals surface area contributed by atoms with Gasteiger partial charge in [0.2, 0.25) is 0 Å². The summed E-state index contributed by atoms with van der Waals surface area (Å²) in [5.41, 5.74) is 1.70. The van der Waals surface area contributed by atoms with Gasteiger partial charge in [-0.3, -0.25) is 9.59 Å². The molecule has 2 aromatic rings. The summed E-state index contributed by atoms with van der Waals surface area (Å²) in [6.45, 7) is 1.27. The van der Waals surface area contributed by atoms with Gasteiger partial charge in [-0.2, -0.15) is 13.2 Å². The molecule has 2 amide bonds. The molecule has 0 bridgehead atoms. The number of ether oxygens (including phenoxy) is 2. The normalized spacial score (nSPS) is 14.0. The fourth-order valence-corrected chi connectivity index (χ4v) is 2.80. The Morgan fingerprint density at radius 3 is 2.48 bits per heavy atom. The molecule has 3 N–H and O–H groups in total. The Labute approximate surface area is 162 Å². The number of alkyl halides is 3. The van der Waals surface area contributed by atoms with E-state index in [1.807, 2.05) is 0 Å². The maximum Gasteiger partial charge on any atom is 0.431 e. The number of aromatic nitrogens is 1. The maximum absolute atomic E-state index is 13.3. The van der Waals surface area contributed by atoms with Crippen LogP contribution in [0.1, 0.15) is 16.1 Å². The Bertz CT molecular complexity index is 986. The van der Waals surface area contributed by atoms with Crippen LogP contribution in [0, 0.1) is 0 Å². The van der Waals surface area contributed by atoms with Crippen molar-refractivity contribution in [3.05, 3.63) is 51.9 Å². The molecular formula is C18H16F3N3O5. The fourth-order valence-electron chi connectivity index (χ4n) is 2.80. The van der Waals surface area contributed by atoms with Crippen LogP contribution in [0.2, 0.25) is 0 Å². The van der Waals surface area contributed by atoms with Crippen molar-refractivity contribution in [1.82, 2.24) is 9.88 Å². The minimum atomic E-state index is -4.84. The van der Waals surface area contributed by atoms with Crippen molar-refractivity contribution in [1.29, 1.82) is 0 Å². The van der Waals surface area contributed by atoms with E-state index in [1.54, 1.807) is 4.98 Å². The van der Waals surface area contributed by atoms with Crippen molar-refractivity contribution < 1.29 is 32.2 Å². The molecule has 1 saturated heterocycles. The zero-order chi connectivity index (χ0) is 21.2. The predicted octanol–water partition coefficient (Wildman–Crippen LogP) is 1.99. The molecule has 8 nitrogen and oxygen atoms in total. The third kappa shape index (κ3) is 4.50. The molecular weight excluding hydrogens is 395 g/mol. The first-order valence-corrected chi connectivity index (χ1v) is 8.46. The lowest BCUT2D eigenvalue weighted by Gasteiger charge is -2.15. The zero-order valence-corrected chi connectivity index (χ0v) is 14.9. The molecule has 11 heteroatoms. The molecule has 2 heterocycles. The van der Waals surface area contributed by atoms with Gasteiger partial charge in [-0.15, -0.1) is 0 Å². The summed E-state index contributed by atoms with van der Waals surface area (Å²) >= 11 is 0. The van der Waals surface area contributed by atoms with E-state index in [2.05, 4.69) is 0 Å². The second kappa shape index (κ2) is 7.86. The first-order chi connectivity index (χ1) is 13.7. The lowest BCUT2D eigenvalue weighted by molar-refractivity contribution is -0.140. The van der Waals surface area contributed by atoms with Gasteiger partial charge >= 0.3 is 12.3 Å². The van der Waals surface area contributed by atoms with E-state index in [-0.39, 0.29) is 12.2 Å². The van der Waals surface area contributed by atoms with E-state index < -0.39 is 40.6 Å². The Kier molecular flexibility index (Phi) is 5.48. The number of nitrogens with one attached hydrogen (secondary N) is 1. The van der Waals surface area contributed by atoms with Gasteiger partial charge in [0.25, 0.3) is 11.5 Å². The third-order valence-corrected chi connectivity index (χ3v) is 4.23. The number of nitrogens with two attached hydrogens (primary N) is 1. The maximum atomic E-state index is 13.3. The fraction of sp³-hybridized carbons (Fsp3) is 0.278. The highest BCUT2D eigenvalue weighted by Crippen LogP contribution is 2.35. The van der Waals surface area contributed by atoms with Crippen molar-refractivity contribution in [2.24, 2.45) is 5.73 Å². The van der Waals surface area contributed by atoms with Crippen LogP contribution < -0.4 is 16.0 Å². The average molecular weight is 411 g/mol. The van der Waals surface area contributed by atoms with Crippen LogP contribution in [0.25, 0.3) is 11.1 Å². The number of primary amides is 1. The van der Waals surface area contributed by atoms with Crippen LogP contribution in [0.5, 0.6) is 5.75 Å². The van der Waals surface area contributed by atoms with E-state index in [1.165, 1.54) is 29.2 Å². The zero-order valence-electron chi connectivity index (χ0n) is 14.9. The third-order valence-electron chi connectivity index (χ3n) is 4.23. The highest BCUT2D eigenvalue weighted by Gasteiger charge is 2.36. The number of hydrogen-bond donors (Lipinski definition) is 2. The predicted molar refractivity (Wildman–Crippen MR) is 94.4 cm³/mol. The van der Waals surface area contributed by atoms with Crippen LogP contribution in [0.4, 0.5) is 18.0 Å². The molecule has 1 aromatic heterocycles. The first-order valence-electron chi connectivity index (χ1n) is 8.46. The Morgan fingerprint density at radius 1 is 1.24 bits per heavy atom. The van der Waals surface area contributed by atoms with Crippen molar-refractivity contribution >= 4 is 12.0 Å². The smallest absolute Gasteiger partial charge is 0.431 e. The summed E-state index contributed by atoms with van der Waals surface area (Å²) in [6.07, 6.45) is -5.27. The number of halogens is 3. The van der Waals surface area contributed by atoms with Crippen molar-refractivity contribution in [3.8, 4) is 16.9 Å². The van der Waals surface area contributed by atoms with Crippen molar-refractivity contribution in [2.75, 3.05) is 26.3 Å². The number of nitrogens with zero attached hydrogens (tertiary/aromatic N) is 1. The van der Waals surface area contributed by atoms with Gasteiger partial charge in [-0.1, -0.05) is 12.1 Å². The van der Waals surface area contributed by atoms with Crippen LogP contribution in [0.15, 0.2) is 35.1 Å². The highest BCUT2D eigenvalue weighted by molar-refractivity contribution is 5.94. The summed E-state index contributed by atoms with van der Waals surface area (Å²) in [6, 6.07) is 6.40. The average Bonchev–Trinajstić information content (AvgIpc) is 3.06. The van der Waals surface area contributed by atoms with Gasteiger partial charge < -0.3 is 25.1 Å². The molecule has 1 aromatic carbocycles. The van der Waals surface area contributed by atoms with Crippen molar-refractivity contribution in [2.45, 2.75) is 6.18 Å². The van der Waals surface area contributed by atoms with E-state index in [4.69, 9.17) is 15.2 Å². The van der Waals surface area contributed by atoms with E-state index in [0.29, 0.717) is 25.4 Å². The molecule has 0 saturated carbocycles. The molecule has 0 spiro atoms. The summed E-state index contributed by atoms with van der Waals surface area (Å²) in [7, 11) is 0. The number of carbonyl (C=O) groups is 2. The largest absolute Gasteiger partial charge is 0.492 e. The molecule has 0 aliphatic carbocycles. The second-order valence-electron chi connectivity index (χ2n) is 6.14. The van der Waals surface area contributed by atoms with Crippen LogP contribution in [-0.4, -0.2) is 48.2 Å². The summed E-state index contributed by atoms with van der Waals surface area (Å²) < 4.78 is 50.2. The number of rotatable bonds is 6. The van der Waals surface area contributed by atoms with Crippen molar-refractivity contribution in [3.63, 3.8) is 0 Å². The number of hydrogen-bond acceptors (Lipinski definition) is 5. The second-order valence-corrected chi connectivity index (χ2v) is 6.14. The van der Waals surface area contributed by atoms with E-state index in [9.17, 15) is 27.6 Å². The number of benzene rings is 1. The van der Waals surface area contributed by atoms with Crippen LogP contribution >= 0.6 is 0 Å². The monoisotopic (exact) mass is 411 g/mol. The molecule has 1 aliphatic rings. The number of H-pyrrole nitrogens is 1. The van der Waals surface area contributed by atoms with Gasteiger partial charge in [0.15, 0.2) is 0 Å². The quantitative estimate of drug-likeness (QED) is 0.755. The Morgan fingerprint density at radius 2 is 1.93 bits per heavy atom. The number of cyclic esters (lactones) is 1. The number of aromatic amines is 1. The summed E-state index contributed by atoms with van der Waals surface area (Å²) in [4.78, 5) is 37.5. The molecule has 154 valence electrons. The molecule has 1 fully saturated rings. The minimum Gasteiger partial charge on any atom is -0.492 e. The topological polar surface area (TPSA) is 115 Å². The molecule has 3 rings (SSSR count). The van der Waals surface area contributed by atoms with Gasteiger partial charge in [-0.25, -0.2) is 4.79 Å². The van der Waals surface area contributed by atoms with E-state index in [0.717, 1.165) is 6.07 Å². The number of carbonyl (C=O) groups excluding carboxylic acids is 2. The van der Waals surface area contributed by atoms with Gasteiger partial charge in [-0.05, 0) is 23.8 Å². The summed E-state index contributed by atoms with van der Waals surface area (Å²) in [5, 5.41) is 0.